The van der Waals surface area contributed by atoms with Gasteiger partial charge in [0, 0.05) is 4.47 Å². The minimum atomic E-state index is -4.79. The highest BCUT2D eigenvalue weighted by Crippen LogP contribution is 2.32. The van der Waals surface area contributed by atoms with E-state index in [-0.39, 0.29) is 14.5 Å². The summed E-state index contributed by atoms with van der Waals surface area (Å²) in [5.41, 5.74) is 0. The van der Waals surface area contributed by atoms with Gasteiger partial charge in [0.25, 0.3) is 0 Å². The molecule has 13 heavy (non-hydrogen) atoms. The molecule has 2 nitrogen and oxygen atoms in total. The van der Waals surface area contributed by atoms with Crippen LogP contribution >= 0.6 is 39.1 Å². The number of hydrogen-bond donors (Lipinski definition) is 0. The first-order valence-corrected chi connectivity index (χ1v) is 5.85. The smallest absolute Gasteiger partial charge is 0.189 e. The van der Waals surface area contributed by atoms with Gasteiger partial charge in [-0.3, -0.25) is 0 Å². The van der Waals surface area contributed by atoms with Crippen LogP contribution in [0.5, 0.6) is 0 Å². The number of halogens is 4. The molecule has 0 aliphatic rings. The van der Waals surface area contributed by atoms with Crippen molar-refractivity contribution in [2.24, 2.45) is 0 Å². The Morgan fingerprint density at radius 1 is 1.23 bits per heavy atom. The van der Waals surface area contributed by atoms with Gasteiger partial charge in [-0.1, -0.05) is 23.2 Å². The highest BCUT2D eigenvalue weighted by atomic mass is 79.9. The Kier molecular flexibility index (Phi) is 3.22. The molecular weight excluding hydrogens is 306 g/mol. The molecule has 0 spiro atoms. The normalized spacial score (nSPS) is 11.7. The van der Waals surface area contributed by atoms with Gasteiger partial charge in [0.15, 0.2) is 0 Å². The molecule has 0 saturated heterocycles. The van der Waals surface area contributed by atoms with Crippen molar-refractivity contribution in [3.8, 4) is 0 Å². The van der Waals surface area contributed by atoms with Crippen molar-refractivity contribution >= 4 is 49.4 Å². The second-order valence-corrected chi connectivity index (χ2v) is 5.12. The van der Waals surface area contributed by atoms with Gasteiger partial charge in [-0.05, 0) is 28.1 Å². The summed E-state index contributed by atoms with van der Waals surface area (Å²) in [6, 6.07) is 2.17. The molecule has 1 aromatic carbocycles. The lowest BCUT2D eigenvalue weighted by molar-refractivity contribution is 0.552. The Labute approximate surface area is 93.0 Å². The lowest BCUT2D eigenvalue weighted by atomic mass is 10.4. The van der Waals surface area contributed by atoms with Gasteiger partial charge in [0.05, 0.1) is 10.0 Å². The maximum Gasteiger partial charge on any atom is 0.333 e. The zero-order valence-corrected chi connectivity index (χ0v) is 9.81. The van der Waals surface area contributed by atoms with Crippen LogP contribution in [0.4, 0.5) is 3.89 Å². The average molecular weight is 308 g/mol. The van der Waals surface area contributed by atoms with Crippen LogP contribution in [0, 0.1) is 0 Å². The molecule has 72 valence electrons. The van der Waals surface area contributed by atoms with Crippen LogP contribution in [0.15, 0.2) is 21.5 Å². The minimum absolute atomic E-state index is 0.220. The van der Waals surface area contributed by atoms with Crippen LogP contribution in [0.1, 0.15) is 0 Å². The number of rotatable bonds is 1. The monoisotopic (exact) mass is 306 g/mol. The summed E-state index contributed by atoms with van der Waals surface area (Å²) in [6.07, 6.45) is 0. The fourth-order valence-electron chi connectivity index (χ4n) is 0.691. The van der Waals surface area contributed by atoms with E-state index < -0.39 is 15.1 Å². The molecule has 0 saturated carbocycles. The van der Waals surface area contributed by atoms with Crippen molar-refractivity contribution in [2.75, 3.05) is 0 Å². The Balaban J connectivity index is 3.50. The standard InChI is InChI=1S/C6H2BrCl2FO2S/c7-3-1-6(13(10,11)12)5(9)2-4(3)8/h1-2H. The predicted octanol–water partition coefficient (Wildman–Crippen LogP) is 3.41. The van der Waals surface area contributed by atoms with E-state index in [1.165, 1.54) is 0 Å². The maximum atomic E-state index is 12.5. The second-order valence-electron chi connectivity index (χ2n) is 2.13. The molecule has 1 aromatic rings. The van der Waals surface area contributed by atoms with E-state index in [0.717, 1.165) is 12.1 Å². The molecule has 0 bridgehead atoms. The third-order valence-corrected chi connectivity index (χ3v) is 3.72. The minimum Gasteiger partial charge on any atom is -0.189 e. The van der Waals surface area contributed by atoms with Gasteiger partial charge in [-0.15, -0.1) is 3.89 Å². The lowest BCUT2D eigenvalue weighted by Crippen LogP contribution is -1.93. The fourth-order valence-corrected chi connectivity index (χ4v) is 2.40. The summed E-state index contributed by atoms with van der Waals surface area (Å²) in [5.74, 6) is 0. The molecule has 0 aromatic heterocycles. The molecule has 0 aliphatic carbocycles. The molecule has 0 N–H and O–H groups in total. The van der Waals surface area contributed by atoms with Crippen molar-refractivity contribution < 1.29 is 12.3 Å². The molecule has 7 heteroatoms. The molecule has 0 heterocycles. The van der Waals surface area contributed by atoms with Crippen molar-refractivity contribution in [3.05, 3.63) is 26.7 Å². The molecule has 0 radical (unpaired) electrons. The van der Waals surface area contributed by atoms with E-state index in [0.29, 0.717) is 0 Å². The zero-order chi connectivity index (χ0) is 10.2. The van der Waals surface area contributed by atoms with Gasteiger partial charge in [-0.2, -0.15) is 8.42 Å². The molecule has 0 atom stereocenters. The summed E-state index contributed by atoms with van der Waals surface area (Å²) >= 11 is 14.0. The number of benzene rings is 1. The molecular formula is C6H2BrCl2FO2S. The highest BCUT2D eigenvalue weighted by molar-refractivity contribution is 9.10. The van der Waals surface area contributed by atoms with Crippen molar-refractivity contribution in [1.29, 1.82) is 0 Å². The van der Waals surface area contributed by atoms with Gasteiger partial charge in [0.2, 0.25) is 0 Å². The SMILES string of the molecule is O=S(=O)(F)c1cc(Br)c(Cl)cc1Cl. The van der Waals surface area contributed by atoms with E-state index >= 15 is 0 Å². The van der Waals surface area contributed by atoms with E-state index in [2.05, 4.69) is 15.9 Å². The van der Waals surface area contributed by atoms with Crippen molar-refractivity contribution in [2.45, 2.75) is 4.90 Å². The van der Waals surface area contributed by atoms with Crippen LogP contribution in [-0.2, 0) is 10.2 Å². The lowest BCUT2D eigenvalue weighted by Gasteiger charge is -2.01. The van der Waals surface area contributed by atoms with Gasteiger partial charge < -0.3 is 0 Å². The molecule has 0 aliphatic heterocycles. The second kappa shape index (κ2) is 3.73. The summed E-state index contributed by atoms with van der Waals surface area (Å²) in [6.45, 7) is 0. The summed E-state index contributed by atoms with van der Waals surface area (Å²) in [4.78, 5) is -0.592. The Hall–Kier alpha value is 0.160. The average Bonchev–Trinajstić information content (AvgIpc) is 1.94. The van der Waals surface area contributed by atoms with E-state index in [1.54, 1.807) is 0 Å². The Morgan fingerprint density at radius 2 is 1.77 bits per heavy atom. The number of hydrogen-bond acceptors (Lipinski definition) is 2. The summed E-state index contributed by atoms with van der Waals surface area (Å²) < 4.78 is 33.8. The van der Waals surface area contributed by atoms with Crippen molar-refractivity contribution in [3.63, 3.8) is 0 Å². The van der Waals surface area contributed by atoms with Crippen LogP contribution in [0.25, 0.3) is 0 Å². The third kappa shape index (κ3) is 2.56. The van der Waals surface area contributed by atoms with Crippen LogP contribution in [0.3, 0.4) is 0 Å². The van der Waals surface area contributed by atoms with Crippen LogP contribution < -0.4 is 0 Å². The first kappa shape index (κ1) is 11.2. The van der Waals surface area contributed by atoms with Crippen LogP contribution in [-0.4, -0.2) is 8.42 Å². The van der Waals surface area contributed by atoms with Gasteiger partial charge in [0.1, 0.15) is 4.90 Å². The summed E-state index contributed by atoms with van der Waals surface area (Å²) in [7, 11) is -4.79. The van der Waals surface area contributed by atoms with Gasteiger partial charge >= 0.3 is 10.2 Å². The van der Waals surface area contributed by atoms with Gasteiger partial charge in [-0.25, -0.2) is 0 Å². The summed E-state index contributed by atoms with van der Waals surface area (Å²) in [5, 5.41) is -0.0203. The maximum absolute atomic E-state index is 12.5. The molecule has 0 fully saturated rings. The van der Waals surface area contributed by atoms with E-state index in [1.807, 2.05) is 0 Å². The van der Waals surface area contributed by atoms with E-state index in [9.17, 15) is 12.3 Å². The zero-order valence-electron chi connectivity index (χ0n) is 5.89. The Morgan fingerprint density at radius 3 is 2.23 bits per heavy atom. The van der Waals surface area contributed by atoms with Crippen molar-refractivity contribution in [1.82, 2.24) is 0 Å². The first-order chi connectivity index (χ1) is 5.82. The first-order valence-electron chi connectivity index (χ1n) is 2.91. The predicted molar refractivity (Wildman–Crippen MR) is 52.5 cm³/mol. The largest absolute Gasteiger partial charge is 0.333 e. The topological polar surface area (TPSA) is 34.1 Å². The molecule has 0 unspecified atom stereocenters. The highest BCUT2D eigenvalue weighted by Gasteiger charge is 2.18. The quantitative estimate of drug-likeness (QED) is 0.588. The van der Waals surface area contributed by atoms with Crippen LogP contribution in [0.2, 0.25) is 10.0 Å². The van der Waals surface area contributed by atoms with E-state index in [4.69, 9.17) is 23.2 Å². The molecule has 1 rings (SSSR count). The third-order valence-electron chi connectivity index (χ3n) is 1.24. The molecule has 0 amide bonds. The fraction of sp³-hybridized carbons (Fsp3) is 0. The Bertz CT molecular complexity index is 446.